The zero-order chi connectivity index (χ0) is 23.7. The Labute approximate surface area is 196 Å². The molecule has 0 amide bonds. The average Bonchev–Trinajstić information content (AvgIpc) is 3.14. The van der Waals surface area contributed by atoms with E-state index in [0.29, 0.717) is 22.5 Å². The number of nitrogens with zero attached hydrogens (tertiary/aromatic N) is 3. The van der Waals surface area contributed by atoms with Gasteiger partial charge in [-0.05, 0) is 50.1 Å². The number of aryl methyl sites for hydroxylation is 2. The fraction of sp³-hybridized carbons (Fsp3) is 0.308. The molecular weight excluding hydrogens is 438 g/mol. The highest BCUT2D eigenvalue weighted by atomic mass is 35.5. The summed E-state index contributed by atoms with van der Waals surface area (Å²) in [6, 6.07) is 15.6. The van der Waals surface area contributed by atoms with Crippen molar-refractivity contribution in [1.82, 2.24) is 13.7 Å². The van der Waals surface area contributed by atoms with Crippen LogP contribution in [0.25, 0.3) is 22.2 Å². The monoisotopic (exact) mass is 463 g/mol. The van der Waals surface area contributed by atoms with Crippen LogP contribution < -0.4 is 11.2 Å². The first-order chi connectivity index (χ1) is 15.6. The smallest absolute Gasteiger partial charge is 0.331 e. The van der Waals surface area contributed by atoms with Gasteiger partial charge in [0.05, 0.1) is 34.4 Å². The Morgan fingerprint density at radius 2 is 1.76 bits per heavy atom. The molecule has 4 aromatic rings. The molecule has 1 aliphatic heterocycles. The van der Waals surface area contributed by atoms with E-state index in [-0.39, 0.29) is 11.2 Å². The molecule has 2 aromatic heterocycles. The van der Waals surface area contributed by atoms with Crippen molar-refractivity contribution < 1.29 is 4.74 Å². The van der Waals surface area contributed by atoms with Crippen LogP contribution >= 0.6 is 11.6 Å². The van der Waals surface area contributed by atoms with Crippen molar-refractivity contribution in [1.29, 1.82) is 0 Å². The van der Waals surface area contributed by atoms with Gasteiger partial charge in [0.2, 0.25) is 0 Å². The quantitative estimate of drug-likeness (QED) is 0.439. The molecule has 6 nitrogen and oxygen atoms in total. The van der Waals surface area contributed by atoms with Gasteiger partial charge in [-0.25, -0.2) is 4.79 Å². The third-order valence-corrected chi connectivity index (χ3v) is 6.74. The van der Waals surface area contributed by atoms with Gasteiger partial charge < -0.3 is 9.30 Å². The predicted octanol–water partition coefficient (Wildman–Crippen LogP) is 4.52. The summed E-state index contributed by atoms with van der Waals surface area (Å²) in [4.78, 5) is 26.6. The number of hydrogen-bond acceptors (Lipinski definition) is 3. The van der Waals surface area contributed by atoms with E-state index in [2.05, 4.69) is 24.5 Å². The van der Waals surface area contributed by atoms with Gasteiger partial charge in [-0.15, -0.1) is 0 Å². The molecule has 0 radical (unpaired) electrons. The molecule has 2 aromatic carbocycles. The van der Waals surface area contributed by atoms with Gasteiger partial charge in [-0.1, -0.05) is 47.5 Å². The number of rotatable bonds is 2. The lowest BCUT2D eigenvalue weighted by Crippen LogP contribution is -2.40. The Kier molecular flexibility index (Phi) is 4.92. The van der Waals surface area contributed by atoms with Gasteiger partial charge >= 0.3 is 5.69 Å². The van der Waals surface area contributed by atoms with Gasteiger partial charge in [-0.3, -0.25) is 13.9 Å². The van der Waals surface area contributed by atoms with E-state index in [9.17, 15) is 9.59 Å². The number of hydrogen-bond donors (Lipinski definition) is 0. The number of fused-ring (bicyclic) bond motifs is 3. The lowest BCUT2D eigenvalue weighted by atomic mass is 9.98. The molecular formula is C26H26ClN3O3. The second kappa shape index (κ2) is 7.47. The van der Waals surface area contributed by atoms with Gasteiger partial charge in [0.25, 0.3) is 5.56 Å². The van der Waals surface area contributed by atoms with Crippen molar-refractivity contribution >= 4 is 22.5 Å². The molecule has 0 N–H and O–H groups in total. The summed E-state index contributed by atoms with van der Waals surface area (Å²) in [5.41, 5.74) is 3.95. The maximum absolute atomic E-state index is 13.6. The van der Waals surface area contributed by atoms with Crippen molar-refractivity contribution in [2.45, 2.75) is 32.4 Å². The molecule has 5 rings (SSSR count). The highest BCUT2D eigenvalue weighted by Gasteiger charge is 2.40. The molecule has 0 unspecified atom stereocenters. The van der Waals surface area contributed by atoms with Crippen LogP contribution in [-0.4, -0.2) is 20.3 Å². The van der Waals surface area contributed by atoms with Crippen LogP contribution in [0, 0.1) is 6.92 Å². The third kappa shape index (κ3) is 3.20. The van der Waals surface area contributed by atoms with Gasteiger partial charge in [0.1, 0.15) is 6.10 Å². The van der Waals surface area contributed by atoms with E-state index in [1.807, 2.05) is 49.4 Å². The summed E-state index contributed by atoms with van der Waals surface area (Å²) in [5, 5.41) is 1.12. The maximum Gasteiger partial charge on any atom is 0.331 e. The Hall–Kier alpha value is -3.09. The molecule has 0 spiro atoms. The van der Waals surface area contributed by atoms with E-state index in [0.717, 1.165) is 28.1 Å². The van der Waals surface area contributed by atoms with Crippen molar-refractivity contribution in [3.05, 3.63) is 91.2 Å². The predicted molar refractivity (Wildman–Crippen MR) is 131 cm³/mol. The van der Waals surface area contributed by atoms with Crippen molar-refractivity contribution in [3.8, 4) is 11.3 Å². The molecule has 0 saturated carbocycles. The average molecular weight is 464 g/mol. The fourth-order valence-corrected chi connectivity index (χ4v) is 5.18. The van der Waals surface area contributed by atoms with E-state index < -0.39 is 11.6 Å². The molecule has 1 aliphatic rings. The fourth-order valence-electron chi connectivity index (χ4n) is 4.99. The van der Waals surface area contributed by atoms with Crippen LogP contribution in [0.1, 0.15) is 36.8 Å². The Bertz CT molecular complexity index is 1540. The standard InChI is InChI=1S/C26H26ClN3O3/c1-15-8-6-9-16(12-15)20-19-21(28(4)25(32)29(5)24(19)31)22-23(17-10-7-11-18(27)13-17)33-14-26(2,3)30(20)22/h6-13,23H,14H2,1-5H3/t23-/m0/s1. The lowest BCUT2D eigenvalue weighted by Gasteiger charge is -2.39. The van der Waals surface area contributed by atoms with Crippen molar-refractivity contribution in [2.75, 3.05) is 6.61 Å². The summed E-state index contributed by atoms with van der Waals surface area (Å²) in [6.07, 6.45) is -0.476. The van der Waals surface area contributed by atoms with Crippen molar-refractivity contribution in [3.63, 3.8) is 0 Å². The number of benzene rings is 2. The first kappa shape index (κ1) is 21.7. The Balaban J connectivity index is 2.03. The first-order valence-corrected chi connectivity index (χ1v) is 11.3. The number of aromatic nitrogens is 3. The lowest BCUT2D eigenvalue weighted by molar-refractivity contribution is -0.00706. The molecule has 7 heteroatoms. The van der Waals surface area contributed by atoms with Gasteiger partial charge in [-0.2, -0.15) is 0 Å². The summed E-state index contributed by atoms with van der Waals surface area (Å²) >= 11 is 6.32. The minimum Gasteiger partial charge on any atom is -0.365 e. The molecule has 0 aliphatic carbocycles. The minimum atomic E-state index is -0.476. The molecule has 0 saturated heterocycles. The highest BCUT2D eigenvalue weighted by Crippen LogP contribution is 2.45. The molecule has 0 fully saturated rings. The van der Waals surface area contributed by atoms with Gasteiger partial charge in [0.15, 0.2) is 0 Å². The van der Waals surface area contributed by atoms with E-state index in [1.54, 1.807) is 11.6 Å². The van der Waals surface area contributed by atoms with E-state index in [4.69, 9.17) is 16.3 Å². The SMILES string of the molecule is Cc1cccc(-c2c3c(=O)n(C)c(=O)n(C)c3c3n2C(C)(C)CO[C@H]3c2cccc(Cl)c2)c1. The van der Waals surface area contributed by atoms with E-state index >= 15 is 0 Å². The topological polar surface area (TPSA) is 58.2 Å². The molecule has 170 valence electrons. The zero-order valence-corrected chi connectivity index (χ0v) is 20.1. The van der Waals surface area contributed by atoms with Crippen LogP contribution in [0.4, 0.5) is 0 Å². The minimum absolute atomic E-state index is 0.313. The molecule has 1 atom stereocenters. The second-order valence-electron chi connectivity index (χ2n) is 9.43. The first-order valence-electron chi connectivity index (χ1n) is 10.9. The zero-order valence-electron chi connectivity index (χ0n) is 19.3. The third-order valence-electron chi connectivity index (χ3n) is 6.51. The summed E-state index contributed by atoms with van der Waals surface area (Å²) in [7, 11) is 3.23. The largest absolute Gasteiger partial charge is 0.365 e. The summed E-state index contributed by atoms with van der Waals surface area (Å²) in [6.45, 7) is 6.64. The van der Waals surface area contributed by atoms with Crippen LogP contribution in [0.3, 0.4) is 0 Å². The van der Waals surface area contributed by atoms with Crippen LogP contribution in [0.15, 0.2) is 58.1 Å². The van der Waals surface area contributed by atoms with Crippen molar-refractivity contribution in [2.24, 2.45) is 14.1 Å². The second-order valence-corrected chi connectivity index (χ2v) is 9.86. The highest BCUT2D eigenvalue weighted by molar-refractivity contribution is 6.30. The Morgan fingerprint density at radius 1 is 1.03 bits per heavy atom. The maximum atomic E-state index is 13.6. The normalized spacial score (nSPS) is 17.3. The number of ether oxygens (including phenoxy) is 1. The van der Waals surface area contributed by atoms with Crippen LogP contribution in [0.2, 0.25) is 5.02 Å². The van der Waals surface area contributed by atoms with Gasteiger partial charge in [0, 0.05) is 19.1 Å². The molecule has 3 heterocycles. The van der Waals surface area contributed by atoms with Crippen LogP contribution in [-0.2, 0) is 24.4 Å². The van der Waals surface area contributed by atoms with Crippen LogP contribution in [0.5, 0.6) is 0 Å². The molecule has 33 heavy (non-hydrogen) atoms. The van der Waals surface area contributed by atoms with E-state index in [1.165, 1.54) is 11.6 Å². The summed E-state index contributed by atoms with van der Waals surface area (Å²) in [5.74, 6) is 0. The molecule has 0 bridgehead atoms. The summed E-state index contributed by atoms with van der Waals surface area (Å²) < 4.78 is 11.3. The Morgan fingerprint density at radius 3 is 2.45 bits per heavy atom. The number of halogens is 1.